The normalized spacial score (nSPS) is 9.82. The van der Waals surface area contributed by atoms with E-state index in [0.29, 0.717) is 0 Å². The number of H-pyrrole nitrogens is 1. The molecule has 0 aliphatic rings. The van der Waals surface area contributed by atoms with Crippen LogP contribution >= 0.6 is 0 Å². The van der Waals surface area contributed by atoms with Crippen LogP contribution in [0.15, 0.2) is 40.1 Å². The highest BCUT2D eigenvalue weighted by molar-refractivity contribution is 5.25. The molecule has 0 amide bonds. The second-order valence-corrected chi connectivity index (χ2v) is 3.39. The summed E-state index contributed by atoms with van der Waals surface area (Å²) in [6.07, 6.45) is 1.49. The fourth-order valence-corrected chi connectivity index (χ4v) is 1.40. The lowest BCUT2D eigenvalue weighted by atomic mass is 10.2. The van der Waals surface area contributed by atoms with Gasteiger partial charge in [-0.25, -0.2) is 9.67 Å². The molecule has 0 spiro atoms. The third kappa shape index (κ3) is 2.46. The summed E-state index contributed by atoms with van der Waals surface area (Å²) in [6, 6.07) is 7.53. The Bertz CT molecular complexity index is 693. The van der Waals surface area contributed by atoms with E-state index in [1.807, 2.05) is 6.07 Å². The first kappa shape index (κ1) is 10.8. The maximum absolute atomic E-state index is 11.4. The van der Waals surface area contributed by atoms with Gasteiger partial charge in [-0.05, 0) is 17.7 Å². The lowest BCUT2D eigenvalue weighted by Gasteiger charge is -2.04. The molecule has 0 saturated carbocycles. The number of nitrogens with zero attached hydrogens (tertiary/aromatic N) is 3. The first-order valence-corrected chi connectivity index (χ1v) is 4.84. The zero-order chi connectivity index (χ0) is 12.3. The van der Waals surface area contributed by atoms with E-state index in [1.165, 1.54) is 23.0 Å². The van der Waals surface area contributed by atoms with Crippen LogP contribution in [0.1, 0.15) is 11.3 Å². The van der Waals surface area contributed by atoms with Crippen LogP contribution in [0, 0.1) is 11.3 Å². The Labute approximate surface area is 95.8 Å². The van der Waals surface area contributed by atoms with Crippen molar-refractivity contribution < 1.29 is 0 Å². The minimum atomic E-state index is -0.348. The van der Waals surface area contributed by atoms with Crippen LogP contribution in [0.4, 0.5) is 0 Å². The van der Waals surface area contributed by atoms with Crippen molar-refractivity contribution >= 4 is 0 Å². The van der Waals surface area contributed by atoms with Crippen molar-refractivity contribution in [2.24, 2.45) is 0 Å². The van der Waals surface area contributed by atoms with E-state index in [0.717, 1.165) is 5.56 Å². The minimum Gasteiger partial charge on any atom is -0.268 e. The van der Waals surface area contributed by atoms with Crippen molar-refractivity contribution in [3.63, 3.8) is 0 Å². The maximum Gasteiger partial charge on any atom is 0.265 e. The standard InChI is InChI=1S/C11H8N4O2/c12-6-9-5-8(3-4-13-9)7-15-11(17)2-1-10(16)14-15/h1-5H,7H2,(H,14,16). The molecule has 0 bridgehead atoms. The van der Waals surface area contributed by atoms with Gasteiger partial charge in [0.2, 0.25) is 0 Å². The summed E-state index contributed by atoms with van der Waals surface area (Å²) >= 11 is 0. The highest BCUT2D eigenvalue weighted by Gasteiger charge is 2.00. The molecular formula is C11H8N4O2. The Morgan fingerprint density at radius 2 is 2.18 bits per heavy atom. The van der Waals surface area contributed by atoms with Crippen molar-refractivity contribution in [1.82, 2.24) is 14.8 Å². The fraction of sp³-hybridized carbons (Fsp3) is 0.0909. The van der Waals surface area contributed by atoms with Gasteiger partial charge < -0.3 is 0 Å². The number of aromatic amines is 1. The van der Waals surface area contributed by atoms with Crippen LogP contribution < -0.4 is 11.1 Å². The van der Waals surface area contributed by atoms with E-state index >= 15 is 0 Å². The van der Waals surface area contributed by atoms with Gasteiger partial charge >= 0.3 is 0 Å². The third-order valence-corrected chi connectivity index (χ3v) is 2.17. The van der Waals surface area contributed by atoms with Gasteiger partial charge in [-0.15, -0.1) is 0 Å². The number of hydrogen-bond donors (Lipinski definition) is 1. The minimum absolute atomic E-state index is 0.201. The lowest BCUT2D eigenvalue weighted by Crippen LogP contribution is -2.28. The quantitative estimate of drug-likeness (QED) is 0.773. The van der Waals surface area contributed by atoms with E-state index in [9.17, 15) is 9.59 Å². The summed E-state index contributed by atoms with van der Waals surface area (Å²) in [6.45, 7) is 0.201. The highest BCUT2D eigenvalue weighted by Crippen LogP contribution is 2.01. The number of rotatable bonds is 2. The summed E-state index contributed by atoms with van der Waals surface area (Å²) in [4.78, 5) is 26.3. The zero-order valence-corrected chi connectivity index (χ0v) is 8.75. The monoisotopic (exact) mass is 228 g/mol. The molecule has 0 aromatic carbocycles. The molecule has 2 aromatic rings. The van der Waals surface area contributed by atoms with Crippen molar-refractivity contribution in [1.29, 1.82) is 5.26 Å². The second kappa shape index (κ2) is 4.45. The third-order valence-electron chi connectivity index (χ3n) is 2.17. The second-order valence-electron chi connectivity index (χ2n) is 3.39. The largest absolute Gasteiger partial charge is 0.268 e. The zero-order valence-electron chi connectivity index (χ0n) is 8.75. The van der Waals surface area contributed by atoms with Gasteiger partial charge in [-0.3, -0.25) is 14.7 Å². The number of aromatic nitrogens is 3. The average Bonchev–Trinajstić information content (AvgIpc) is 2.34. The molecule has 6 heteroatoms. The van der Waals surface area contributed by atoms with Gasteiger partial charge in [0.1, 0.15) is 11.8 Å². The van der Waals surface area contributed by atoms with Gasteiger partial charge in [0, 0.05) is 18.3 Å². The summed E-state index contributed by atoms with van der Waals surface area (Å²) < 4.78 is 1.18. The predicted octanol–water partition coefficient (Wildman–Crippen LogP) is -0.148. The first-order chi connectivity index (χ1) is 8.19. The molecule has 2 rings (SSSR count). The SMILES string of the molecule is N#Cc1cc(Cn2[nH]c(=O)ccc2=O)ccn1. The maximum atomic E-state index is 11.4. The summed E-state index contributed by atoms with van der Waals surface area (Å²) in [7, 11) is 0. The van der Waals surface area contributed by atoms with Gasteiger partial charge in [-0.1, -0.05) is 0 Å². The number of hydrogen-bond acceptors (Lipinski definition) is 4. The summed E-state index contributed by atoms with van der Waals surface area (Å²) in [5.41, 5.74) is 0.341. The molecule has 0 unspecified atom stereocenters. The summed E-state index contributed by atoms with van der Waals surface area (Å²) in [5, 5.41) is 11.1. The van der Waals surface area contributed by atoms with E-state index < -0.39 is 0 Å². The Hall–Kier alpha value is -2.68. The van der Waals surface area contributed by atoms with Gasteiger partial charge in [0.15, 0.2) is 0 Å². The van der Waals surface area contributed by atoms with Gasteiger partial charge in [0.25, 0.3) is 11.1 Å². The van der Waals surface area contributed by atoms with Crippen molar-refractivity contribution in [3.05, 3.63) is 62.4 Å². The van der Waals surface area contributed by atoms with Crippen molar-refractivity contribution in [2.45, 2.75) is 6.54 Å². The van der Waals surface area contributed by atoms with E-state index in [2.05, 4.69) is 10.1 Å². The molecule has 0 atom stereocenters. The molecule has 2 heterocycles. The molecule has 1 N–H and O–H groups in total. The Morgan fingerprint density at radius 1 is 1.35 bits per heavy atom. The van der Waals surface area contributed by atoms with E-state index in [-0.39, 0.29) is 23.4 Å². The Kier molecular flexibility index (Phi) is 2.83. The van der Waals surface area contributed by atoms with Crippen LogP contribution in [0.2, 0.25) is 0 Å². The van der Waals surface area contributed by atoms with Crippen LogP contribution in [-0.2, 0) is 6.54 Å². The van der Waals surface area contributed by atoms with Gasteiger partial charge in [0.05, 0.1) is 6.54 Å². The topological polar surface area (TPSA) is 91.5 Å². The smallest absolute Gasteiger partial charge is 0.265 e. The van der Waals surface area contributed by atoms with Crippen LogP contribution in [0.25, 0.3) is 0 Å². The van der Waals surface area contributed by atoms with E-state index in [4.69, 9.17) is 5.26 Å². The molecule has 84 valence electrons. The van der Waals surface area contributed by atoms with Gasteiger partial charge in [-0.2, -0.15) is 5.26 Å². The molecule has 0 radical (unpaired) electrons. The van der Waals surface area contributed by atoms with Crippen molar-refractivity contribution in [3.8, 4) is 6.07 Å². The molecule has 0 aliphatic carbocycles. The van der Waals surface area contributed by atoms with Crippen molar-refractivity contribution in [2.75, 3.05) is 0 Å². The van der Waals surface area contributed by atoms with E-state index in [1.54, 1.807) is 12.1 Å². The number of nitriles is 1. The number of pyridine rings is 1. The molecule has 6 nitrogen and oxygen atoms in total. The first-order valence-electron chi connectivity index (χ1n) is 4.84. The lowest BCUT2D eigenvalue weighted by molar-refractivity contribution is 0.627. The molecule has 0 saturated heterocycles. The fourth-order valence-electron chi connectivity index (χ4n) is 1.40. The molecule has 0 fully saturated rings. The molecular weight excluding hydrogens is 220 g/mol. The Balaban J connectivity index is 2.38. The Morgan fingerprint density at radius 3 is 2.94 bits per heavy atom. The number of nitrogens with one attached hydrogen (secondary N) is 1. The van der Waals surface area contributed by atoms with Crippen LogP contribution in [-0.4, -0.2) is 14.8 Å². The van der Waals surface area contributed by atoms with Crippen LogP contribution in [0.5, 0.6) is 0 Å². The average molecular weight is 228 g/mol. The molecule has 17 heavy (non-hydrogen) atoms. The molecule has 0 aliphatic heterocycles. The highest BCUT2D eigenvalue weighted by atomic mass is 16.1. The predicted molar refractivity (Wildman–Crippen MR) is 59.4 cm³/mol. The van der Waals surface area contributed by atoms with Crippen LogP contribution in [0.3, 0.4) is 0 Å². The summed E-state index contributed by atoms with van der Waals surface area (Å²) in [5.74, 6) is 0. The molecule has 2 aromatic heterocycles.